The Labute approximate surface area is 157 Å². The van der Waals surface area contributed by atoms with E-state index < -0.39 is 15.9 Å². The van der Waals surface area contributed by atoms with Crippen molar-refractivity contribution < 1.29 is 22.7 Å². The predicted octanol–water partition coefficient (Wildman–Crippen LogP) is 0.882. The van der Waals surface area contributed by atoms with E-state index in [0.717, 1.165) is 12.8 Å². The zero-order valence-corrected chi connectivity index (χ0v) is 15.7. The van der Waals surface area contributed by atoms with Gasteiger partial charge in [0.1, 0.15) is 11.9 Å². The number of hydrogen-bond donors (Lipinski definition) is 2. The second kappa shape index (κ2) is 8.47. The Hall–Kier alpha value is -2.49. The van der Waals surface area contributed by atoms with Gasteiger partial charge in [-0.1, -0.05) is 12.1 Å². The average Bonchev–Trinajstić information content (AvgIpc) is 2.67. The molecule has 1 aromatic heterocycles. The molecule has 0 radical (unpaired) electrons. The maximum atomic E-state index is 12.2. The summed E-state index contributed by atoms with van der Waals surface area (Å²) in [6, 6.07) is 9.70. The Morgan fingerprint density at radius 2 is 2.22 bits per heavy atom. The molecule has 8 nitrogen and oxygen atoms in total. The van der Waals surface area contributed by atoms with Crippen molar-refractivity contribution >= 4 is 15.7 Å². The van der Waals surface area contributed by atoms with Crippen LogP contribution >= 0.6 is 0 Å². The highest BCUT2D eigenvalue weighted by Crippen LogP contribution is 2.25. The monoisotopic (exact) mass is 391 g/mol. The molecule has 2 aromatic rings. The van der Waals surface area contributed by atoms with E-state index in [1.54, 1.807) is 30.5 Å². The van der Waals surface area contributed by atoms with Crippen LogP contribution in [-0.2, 0) is 25.9 Å². The first-order valence-corrected chi connectivity index (χ1v) is 10.3. The molecule has 1 amide bonds. The fourth-order valence-electron chi connectivity index (χ4n) is 2.56. The molecule has 144 valence electrons. The molecular weight excluding hydrogens is 370 g/mol. The van der Waals surface area contributed by atoms with E-state index in [0.29, 0.717) is 30.3 Å². The van der Waals surface area contributed by atoms with Gasteiger partial charge in [-0.2, -0.15) is 0 Å². The smallest absolute Gasteiger partial charge is 0.250 e. The second-order valence-electron chi connectivity index (χ2n) is 6.10. The predicted molar refractivity (Wildman–Crippen MR) is 98.3 cm³/mol. The van der Waals surface area contributed by atoms with E-state index in [1.807, 2.05) is 0 Å². The Kier molecular flexibility index (Phi) is 6.04. The van der Waals surface area contributed by atoms with Gasteiger partial charge in [0.25, 0.3) is 5.91 Å². The number of carbonyl (C=O) groups is 1. The molecule has 2 heterocycles. The third-order valence-corrected chi connectivity index (χ3v) is 5.08. The molecular formula is C18H21N3O5S. The average molecular weight is 391 g/mol. The molecule has 0 saturated carbocycles. The highest BCUT2D eigenvalue weighted by molar-refractivity contribution is 7.90. The van der Waals surface area contributed by atoms with Crippen LogP contribution in [0.1, 0.15) is 5.56 Å². The molecule has 1 unspecified atom stereocenters. The number of nitrogens with zero attached hydrogens (tertiary/aromatic N) is 1. The molecule has 1 aliphatic rings. The first kappa shape index (κ1) is 19.3. The standard InChI is InChI=1S/C18H21N3O5S/c1-27(23,24)15-6-2-5-14(10-15)26-18-13(4-3-7-20-18)11-21-17(22)16-12-19-8-9-25-16/h2-7,10,16,19H,8-9,11-12H2,1H3,(H,21,22). The van der Waals surface area contributed by atoms with Gasteiger partial charge in [-0.3, -0.25) is 4.79 Å². The van der Waals surface area contributed by atoms with Crippen molar-refractivity contribution in [2.24, 2.45) is 0 Å². The van der Waals surface area contributed by atoms with Crippen LogP contribution < -0.4 is 15.4 Å². The summed E-state index contributed by atoms with van der Waals surface area (Å²) in [6.07, 6.45) is 2.18. The van der Waals surface area contributed by atoms with Crippen LogP contribution in [-0.4, -0.2) is 51.4 Å². The number of morpholine rings is 1. The van der Waals surface area contributed by atoms with Crippen molar-refractivity contribution in [2.75, 3.05) is 26.0 Å². The molecule has 0 bridgehead atoms. The fourth-order valence-corrected chi connectivity index (χ4v) is 3.22. The van der Waals surface area contributed by atoms with Gasteiger partial charge in [0.15, 0.2) is 9.84 Å². The van der Waals surface area contributed by atoms with Gasteiger partial charge < -0.3 is 20.1 Å². The normalized spacial score (nSPS) is 17.3. The Balaban J connectivity index is 1.70. The molecule has 1 atom stereocenters. The van der Waals surface area contributed by atoms with Gasteiger partial charge in [-0.15, -0.1) is 0 Å². The van der Waals surface area contributed by atoms with Crippen LogP contribution in [0.4, 0.5) is 0 Å². The van der Waals surface area contributed by atoms with E-state index in [1.165, 1.54) is 12.1 Å². The molecule has 2 N–H and O–H groups in total. The molecule has 1 saturated heterocycles. The zero-order chi connectivity index (χ0) is 19.3. The minimum absolute atomic E-state index is 0.160. The summed E-state index contributed by atoms with van der Waals surface area (Å²) in [4.78, 5) is 16.5. The largest absolute Gasteiger partial charge is 0.439 e. The number of hydrogen-bond acceptors (Lipinski definition) is 7. The maximum Gasteiger partial charge on any atom is 0.250 e. The van der Waals surface area contributed by atoms with E-state index >= 15 is 0 Å². The van der Waals surface area contributed by atoms with Crippen molar-refractivity contribution in [1.29, 1.82) is 0 Å². The number of nitrogens with one attached hydrogen (secondary N) is 2. The van der Waals surface area contributed by atoms with Crippen molar-refractivity contribution in [3.8, 4) is 11.6 Å². The van der Waals surface area contributed by atoms with Gasteiger partial charge in [0.05, 0.1) is 11.5 Å². The summed E-state index contributed by atoms with van der Waals surface area (Å²) in [5.41, 5.74) is 0.666. The van der Waals surface area contributed by atoms with Crippen molar-refractivity contribution in [2.45, 2.75) is 17.5 Å². The first-order valence-electron chi connectivity index (χ1n) is 8.45. The highest BCUT2D eigenvalue weighted by Gasteiger charge is 2.21. The molecule has 27 heavy (non-hydrogen) atoms. The molecule has 0 aliphatic carbocycles. The Morgan fingerprint density at radius 1 is 1.37 bits per heavy atom. The minimum atomic E-state index is -3.34. The first-order chi connectivity index (χ1) is 12.9. The van der Waals surface area contributed by atoms with Gasteiger partial charge in [0.2, 0.25) is 5.88 Å². The van der Waals surface area contributed by atoms with Gasteiger partial charge >= 0.3 is 0 Å². The van der Waals surface area contributed by atoms with E-state index in [9.17, 15) is 13.2 Å². The van der Waals surface area contributed by atoms with Crippen LogP contribution in [0.2, 0.25) is 0 Å². The minimum Gasteiger partial charge on any atom is -0.439 e. The summed E-state index contributed by atoms with van der Waals surface area (Å²) >= 11 is 0. The lowest BCUT2D eigenvalue weighted by Crippen LogP contribution is -2.47. The topological polar surface area (TPSA) is 107 Å². The van der Waals surface area contributed by atoms with E-state index in [2.05, 4.69) is 15.6 Å². The van der Waals surface area contributed by atoms with Crippen LogP contribution in [0.3, 0.4) is 0 Å². The number of benzene rings is 1. The van der Waals surface area contributed by atoms with E-state index in [-0.39, 0.29) is 17.3 Å². The highest BCUT2D eigenvalue weighted by atomic mass is 32.2. The molecule has 3 rings (SSSR count). The lowest BCUT2D eigenvalue weighted by molar-refractivity contribution is -0.134. The fraction of sp³-hybridized carbons (Fsp3) is 0.333. The Morgan fingerprint density at radius 3 is 2.96 bits per heavy atom. The zero-order valence-electron chi connectivity index (χ0n) is 14.8. The number of sulfone groups is 1. The van der Waals surface area contributed by atoms with Crippen molar-refractivity contribution in [3.05, 3.63) is 48.2 Å². The third kappa shape index (κ3) is 5.25. The molecule has 1 fully saturated rings. The number of ether oxygens (including phenoxy) is 2. The van der Waals surface area contributed by atoms with Crippen molar-refractivity contribution in [3.63, 3.8) is 0 Å². The molecule has 1 aliphatic heterocycles. The second-order valence-corrected chi connectivity index (χ2v) is 8.11. The molecule has 9 heteroatoms. The maximum absolute atomic E-state index is 12.2. The summed E-state index contributed by atoms with van der Waals surface area (Å²) in [6.45, 7) is 1.92. The summed E-state index contributed by atoms with van der Waals surface area (Å²) in [5, 5.41) is 5.91. The Bertz CT molecular complexity index is 911. The van der Waals surface area contributed by atoms with Crippen LogP contribution in [0.25, 0.3) is 0 Å². The van der Waals surface area contributed by atoms with Crippen LogP contribution in [0.15, 0.2) is 47.5 Å². The van der Waals surface area contributed by atoms with Gasteiger partial charge in [-0.25, -0.2) is 13.4 Å². The number of pyridine rings is 1. The number of amides is 1. The lowest BCUT2D eigenvalue weighted by atomic mass is 10.2. The number of carbonyl (C=O) groups excluding carboxylic acids is 1. The van der Waals surface area contributed by atoms with E-state index in [4.69, 9.17) is 9.47 Å². The third-order valence-electron chi connectivity index (χ3n) is 3.97. The SMILES string of the molecule is CS(=O)(=O)c1cccc(Oc2ncccc2CNC(=O)C2CNCCO2)c1. The lowest BCUT2D eigenvalue weighted by Gasteiger charge is -2.22. The van der Waals surface area contributed by atoms with Crippen LogP contribution in [0, 0.1) is 0 Å². The number of rotatable bonds is 6. The molecule has 0 spiro atoms. The summed E-state index contributed by atoms with van der Waals surface area (Å²) < 4.78 is 34.6. The van der Waals surface area contributed by atoms with Crippen LogP contribution in [0.5, 0.6) is 11.6 Å². The molecule has 1 aromatic carbocycles. The summed E-state index contributed by atoms with van der Waals surface area (Å²) in [7, 11) is -3.34. The van der Waals surface area contributed by atoms with Gasteiger partial charge in [-0.05, 0) is 24.3 Å². The summed E-state index contributed by atoms with van der Waals surface area (Å²) in [5.74, 6) is 0.436. The van der Waals surface area contributed by atoms with Gasteiger partial charge in [0, 0.05) is 37.7 Å². The number of aromatic nitrogens is 1. The van der Waals surface area contributed by atoms with Crippen molar-refractivity contribution in [1.82, 2.24) is 15.6 Å². The quantitative estimate of drug-likeness (QED) is 0.753.